The van der Waals surface area contributed by atoms with Crippen LogP contribution in [0.15, 0.2) is 110 Å². The van der Waals surface area contributed by atoms with E-state index >= 15 is 0 Å². The molecule has 0 aliphatic heterocycles. The van der Waals surface area contributed by atoms with Crippen molar-refractivity contribution in [2.75, 3.05) is 0 Å². The molecule has 0 saturated carbocycles. The first-order valence-electron chi connectivity index (χ1n) is 15.4. The summed E-state index contributed by atoms with van der Waals surface area (Å²) in [6.45, 7) is 7.95. The van der Waals surface area contributed by atoms with Gasteiger partial charge in [0.25, 0.3) is 0 Å². The second kappa shape index (κ2) is 16.9. The molecule has 0 atom stereocenters. The third-order valence-electron chi connectivity index (χ3n) is 6.72. The monoisotopic (exact) mass is 672 g/mol. The molecule has 0 aliphatic rings. The van der Waals surface area contributed by atoms with Crippen molar-refractivity contribution in [3.63, 3.8) is 0 Å². The maximum Gasteiger partial charge on any atom is 0.209 e. The number of aryl methyl sites for hydroxylation is 4. The van der Waals surface area contributed by atoms with Gasteiger partial charge in [0, 0.05) is 48.3 Å². The summed E-state index contributed by atoms with van der Waals surface area (Å²) >= 11 is 0. The first-order valence-corrected chi connectivity index (χ1v) is 15.4. The van der Waals surface area contributed by atoms with Gasteiger partial charge in [-0.2, -0.15) is 29.2 Å². The van der Waals surface area contributed by atoms with Crippen molar-refractivity contribution in [3.8, 4) is 45.6 Å². The zero-order valence-corrected chi connectivity index (χ0v) is 27.7. The van der Waals surface area contributed by atoms with Crippen molar-refractivity contribution in [2.45, 2.75) is 27.7 Å². The standard InChI is InChI=1S/C10H11N3.C9H8FN3.C9H9N3.C8H6FN3/c1-7-3-4-11-9(5-7)10-6-8(2)12-13-10;1-6-2-3-11-7(4-6)8-5-9(10)13-12-8;1-7-6-9(12-11-7)8-4-2-3-5-10-8;9-8-5-7(11-12-8)6-3-1-2-4-10-6/h3-6H,1-2H3,(H,12,13);2-5H,1H3,(H,12,13);2-6H,1H3,(H,11,12);1-5H,(H,11,12). The predicted molar refractivity (Wildman–Crippen MR) is 186 cm³/mol. The molecule has 252 valence electrons. The highest BCUT2D eigenvalue weighted by atomic mass is 19.1. The Hall–Kier alpha value is -6.70. The molecule has 0 radical (unpaired) electrons. The lowest BCUT2D eigenvalue weighted by Gasteiger charge is -1.95. The maximum absolute atomic E-state index is 12.6. The third kappa shape index (κ3) is 10.1. The van der Waals surface area contributed by atoms with Gasteiger partial charge in [0.05, 0.1) is 22.8 Å². The Labute approximate surface area is 286 Å². The minimum atomic E-state index is -0.448. The van der Waals surface area contributed by atoms with E-state index in [9.17, 15) is 8.78 Å². The van der Waals surface area contributed by atoms with Gasteiger partial charge < -0.3 is 0 Å². The van der Waals surface area contributed by atoms with Gasteiger partial charge in [-0.05, 0) is 99.5 Å². The van der Waals surface area contributed by atoms with E-state index in [1.54, 1.807) is 36.9 Å². The molecule has 0 aliphatic carbocycles. The van der Waals surface area contributed by atoms with Gasteiger partial charge in [0.2, 0.25) is 11.9 Å². The molecule has 50 heavy (non-hydrogen) atoms. The Morgan fingerprint density at radius 1 is 0.380 bits per heavy atom. The molecule has 8 rings (SSSR count). The van der Waals surface area contributed by atoms with Crippen molar-refractivity contribution < 1.29 is 8.78 Å². The summed E-state index contributed by atoms with van der Waals surface area (Å²) in [5.41, 5.74) is 10.4. The molecular weight excluding hydrogens is 638 g/mol. The van der Waals surface area contributed by atoms with Gasteiger partial charge in [-0.15, -0.1) is 0 Å². The number of rotatable bonds is 4. The summed E-state index contributed by atoms with van der Waals surface area (Å²) in [7, 11) is 0. The van der Waals surface area contributed by atoms with Crippen LogP contribution >= 0.6 is 0 Å². The van der Waals surface area contributed by atoms with E-state index in [-0.39, 0.29) is 0 Å². The Morgan fingerprint density at radius 2 is 0.760 bits per heavy atom. The van der Waals surface area contributed by atoms with E-state index in [4.69, 9.17) is 0 Å². The molecule has 0 spiro atoms. The lowest BCUT2D eigenvalue weighted by molar-refractivity contribution is 0.579. The van der Waals surface area contributed by atoms with Gasteiger partial charge in [-0.3, -0.25) is 40.3 Å². The summed E-state index contributed by atoms with van der Waals surface area (Å²) in [5, 5.41) is 25.9. The van der Waals surface area contributed by atoms with Crippen LogP contribution in [0, 0.1) is 39.6 Å². The molecule has 0 amide bonds. The van der Waals surface area contributed by atoms with E-state index in [0.717, 1.165) is 39.7 Å². The van der Waals surface area contributed by atoms with Crippen molar-refractivity contribution >= 4 is 0 Å². The van der Waals surface area contributed by atoms with Crippen molar-refractivity contribution in [3.05, 3.63) is 144 Å². The van der Waals surface area contributed by atoms with Crippen molar-refractivity contribution in [1.29, 1.82) is 0 Å². The Kier molecular flexibility index (Phi) is 11.7. The number of aromatic nitrogens is 12. The largest absolute Gasteiger partial charge is 0.282 e. The number of H-pyrrole nitrogens is 4. The number of halogens is 2. The van der Waals surface area contributed by atoms with Crippen LogP contribution in [0.4, 0.5) is 8.78 Å². The second-order valence-corrected chi connectivity index (χ2v) is 10.9. The fraction of sp³-hybridized carbons (Fsp3) is 0.111. The first kappa shape index (κ1) is 34.6. The molecule has 8 heterocycles. The van der Waals surface area contributed by atoms with Crippen LogP contribution in [-0.4, -0.2) is 60.7 Å². The number of hydrogen-bond acceptors (Lipinski definition) is 8. The molecule has 12 nitrogen and oxygen atoms in total. The second-order valence-electron chi connectivity index (χ2n) is 10.9. The molecule has 0 bridgehead atoms. The van der Waals surface area contributed by atoms with Crippen LogP contribution in [0.25, 0.3) is 45.6 Å². The maximum atomic E-state index is 12.6. The molecule has 14 heteroatoms. The molecule has 4 N–H and O–H groups in total. The Balaban J connectivity index is 0.000000130. The molecule has 0 fully saturated rings. The molecule has 0 aromatic carbocycles. The van der Waals surface area contributed by atoms with Gasteiger partial charge in [-0.25, -0.2) is 0 Å². The average Bonchev–Trinajstić information content (AvgIpc) is 3.96. The number of nitrogens with zero attached hydrogens (tertiary/aromatic N) is 8. The van der Waals surface area contributed by atoms with Crippen LogP contribution in [0.3, 0.4) is 0 Å². The topological polar surface area (TPSA) is 166 Å². The Morgan fingerprint density at radius 3 is 1.10 bits per heavy atom. The molecule has 8 aromatic heterocycles. The lowest BCUT2D eigenvalue weighted by atomic mass is 10.2. The SMILES string of the molecule is Cc1cc(-c2ccccn2)n[nH]1.Cc1ccnc(-c2cc(C)[nH]n2)c1.Cc1ccnc(-c2cc(F)[nH]n2)c1.Fc1cc(-c2ccccn2)n[nH]1. The van der Waals surface area contributed by atoms with Gasteiger partial charge in [0.1, 0.15) is 22.8 Å². The zero-order chi connectivity index (χ0) is 35.3. The highest BCUT2D eigenvalue weighted by Crippen LogP contribution is 2.17. The van der Waals surface area contributed by atoms with E-state index in [1.807, 2.05) is 88.4 Å². The van der Waals surface area contributed by atoms with E-state index in [1.165, 1.54) is 17.7 Å². The number of pyridine rings is 4. The van der Waals surface area contributed by atoms with Crippen LogP contribution in [-0.2, 0) is 0 Å². The molecular formula is C36H34F2N12. The highest BCUT2D eigenvalue weighted by molar-refractivity contribution is 5.56. The number of aromatic amines is 4. The zero-order valence-electron chi connectivity index (χ0n) is 27.7. The van der Waals surface area contributed by atoms with Crippen LogP contribution in [0.1, 0.15) is 22.5 Å². The highest BCUT2D eigenvalue weighted by Gasteiger charge is 2.05. The van der Waals surface area contributed by atoms with Crippen LogP contribution in [0.5, 0.6) is 0 Å². The summed E-state index contributed by atoms with van der Waals surface area (Å²) in [5.74, 6) is -0.894. The molecule has 0 saturated heterocycles. The summed E-state index contributed by atoms with van der Waals surface area (Å²) in [6, 6.07) is 25.5. The van der Waals surface area contributed by atoms with Gasteiger partial charge in [0.15, 0.2) is 0 Å². The van der Waals surface area contributed by atoms with E-state index in [0.29, 0.717) is 22.8 Å². The molecule has 8 aromatic rings. The van der Waals surface area contributed by atoms with E-state index < -0.39 is 11.9 Å². The van der Waals surface area contributed by atoms with E-state index in [2.05, 4.69) is 60.7 Å². The summed E-state index contributed by atoms with van der Waals surface area (Å²) < 4.78 is 25.0. The van der Waals surface area contributed by atoms with Crippen LogP contribution < -0.4 is 0 Å². The molecule has 0 unspecified atom stereocenters. The van der Waals surface area contributed by atoms with Crippen LogP contribution in [0.2, 0.25) is 0 Å². The minimum absolute atomic E-state index is 0.446. The predicted octanol–water partition coefficient (Wildman–Crippen LogP) is 7.40. The third-order valence-corrected chi connectivity index (χ3v) is 6.72. The fourth-order valence-electron chi connectivity index (χ4n) is 4.34. The quantitative estimate of drug-likeness (QED) is 0.150. The fourth-order valence-corrected chi connectivity index (χ4v) is 4.34. The Bertz CT molecular complexity index is 2050. The minimum Gasteiger partial charge on any atom is -0.282 e. The normalized spacial score (nSPS) is 10.2. The summed E-state index contributed by atoms with van der Waals surface area (Å²) in [6.07, 6.45) is 6.88. The first-order chi connectivity index (χ1) is 24.2. The van der Waals surface area contributed by atoms with Crippen molar-refractivity contribution in [2.24, 2.45) is 0 Å². The van der Waals surface area contributed by atoms with Gasteiger partial charge >= 0.3 is 0 Å². The average molecular weight is 673 g/mol. The van der Waals surface area contributed by atoms with Crippen molar-refractivity contribution in [1.82, 2.24) is 60.7 Å². The number of nitrogens with one attached hydrogen (secondary N) is 4. The van der Waals surface area contributed by atoms with Gasteiger partial charge in [-0.1, -0.05) is 12.1 Å². The lowest BCUT2D eigenvalue weighted by Crippen LogP contribution is -1.83. The summed E-state index contributed by atoms with van der Waals surface area (Å²) in [4.78, 5) is 16.5. The smallest absolute Gasteiger partial charge is 0.209 e. The number of hydrogen-bond donors (Lipinski definition) is 4.